The van der Waals surface area contributed by atoms with Gasteiger partial charge in [0.1, 0.15) is 5.25 Å². The lowest BCUT2D eigenvalue weighted by Gasteiger charge is -2.14. The number of aromatic amines is 2. The van der Waals surface area contributed by atoms with Crippen molar-refractivity contribution in [1.82, 2.24) is 20.6 Å². The Morgan fingerprint density at radius 3 is 2.68 bits per heavy atom. The van der Waals surface area contributed by atoms with Gasteiger partial charge in [-0.05, 0) is 18.1 Å². The molecule has 1 atom stereocenters. The second kappa shape index (κ2) is 8.96. The molecule has 9 heteroatoms. The van der Waals surface area contributed by atoms with Gasteiger partial charge in [0.25, 0.3) is 11.5 Å². The average Bonchev–Trinajstić information content (AvgIpc) is 2.68. The summed E-state index contributed by atoms with van der Waals surface area (Å²) in [6, 6.07) is 16.6. The van der Waals surface area contributed by atoms with E-state index in [1.165, 1.54) is 0 Å². The van der Waals surface area contributed by atoms with E-state index in [1.54, 1.807) is 30.5 Å². The van der Waals surface area contributed by atoms with Crippen LogP contribution in [0.3, 0.4) is 0 Å². The molecule has 142 valence electrons. The number of carbonyl (C=O) groups excluding carboxylic acids is 1. The number of nitrogens with one attached hydrogen (secondary N) is 3. The maximum atomic E-state index is 12.7. The fraction of sp³-hybridized carbons (Fsp3) is 0.105. The first-order valence-electron chi connectivity index (χ1n) is 8.33. The Morgan fingerprint density at radius 2 is 1.96 bits per heavy atom. The molecule has 2 aromatic carbocycles. The molecule has 0 aliphatic rings. The molecule has 1 aromatic heterocycles. The Hall–Kier alpha value is -3.46. The van der Waals surface area contributed by atoms with E-state index in [2.05, 4.69) is 25.7 Å². The van der Waals surface area contributed by atoms with Crippen LogP contribution in [0.1, 0.15) is 21.9 Å². The van der Waals surface area contributed by atoms with Crippen LogP contribution in [0.4, 0.5) is 0 Å². The standard InChI is InChI=1S/C19H17N5O3S/c1-12-6-5-7-13(10-12)11-20-22-16(25)15(14-8-3-2-4-9-14)28-18-17(26)21-19(27)24-23-18/h2-11,15H,1H3,(H,22,25)(H2,21,24,26,27)/b20-11-. The molecule has 0 aliphatic heterocycles. The third kappa shape index (κ3) is 5.04. The smallest absolute Gasteiger partial charge is 0.271 e. The first-order chi connectivity index (χ1) is 13.5. The summed E-state index contributed by atoms with van der Waals surface area (Å²) in [6.45, 7) is 1.96. The minimum atomic E-state index is -0.782. The van der Waals surface area contributed by atoms with Gasteiger partial charge in [-0.15, -0.1) is 0 Å². The number of hydrogen-bond acceptors (Lipinski definition) is 6. The van der Waals surface area contributed by atoms with Gasteiger partial charge in [0.2, 0.25) is 0 Å². The lowest BCUT2D eigenvalue weighted by atomic mass is 10.1. The van der Waals surface area contributed by atoms with Gasteiger partial charge in [0.15, 0.2) is 5.03 Å². The van der Waals surface area contributed by atoms with E-state index in [1.807, 2.05) is 37.3 Å². The van der Waals surface area contributed by atoms with Gasteiger partial charge in [-0.1, -0.05) is 71.9 Å². The fourth-order valence-corrected chi connectivity index (χ4v) is 3.34. The number of nitrogens with zero attached hydrogens (tertiary/aromatic N) is 2. The number of aromatic nitrogens is 3. The first-order valence-corrected chi connectivity index (χ1v) is 9.21. The molecule has 3 N–H and O–H groups in total. The number of hydrazone groups is 1. The van der Waals surface area contributed by atoms with Crippen LogP contribution >= 0.6 is 11.8 Å². The highest BCUT2D eigenvalue weighted by atomic mass is 32.2. The zero-order chi connectivity index (χ0) is 19.9. The minimum Gasteiger partial charge on any atom is -0.271 e. The van der Waals surface area contributed by atoms with Crippen LogP contribution in [0.5, 0.6) is 0 Å². The van der Waals surface area contributed by atoms with E-state index < -0.39 is 22.4 Å². The molecule has 1 amide bonds. The Kier molecular flexibility index (Phi) is 6.18. The van der Waals surface area contributed by atoms with Crippen molar-refractivity contribution >= 4 is 23.9 Å². The summed E-state index contributed by atoms with van der Waals surface area (Å²) in [4.78, 5) is 37.9. The predicted molar refractivity (Wildman–Crippen MR) is 107 cm³/mol. The van der Waals surface area contributed by atoms with Crippen molar-refractivity contribution in [2.75, 3.05) is 0 Å². The van der Waals surface area contributed by atoms with E-state index in [-0.39, 0.29) is 5.03 Å². The number of benzene rings is 2. The van der Waals surface area contributed by atoms with E-state index in [0.29, 0.717) is 5.56 Å². The Labute approximate surface area is 164 Å². The van der Waals surface area contributed by atoms with Gasteiger partial charge in [-0.3, -0.25) is 14.6 Å². The summed E-state index contributed by atoms with van der Waals surface area (Å²) in [5, 5.41) is 9.09. The zero-order valence-electron chi connectivity index (χ0n) is 14.9. The molecule has 28 heavy (non-hydrogen) atoms. The summed E-state index contributed by atoms with van der Waals surface area (Å²) < 4.78 is 0. The summed E-state index contributed by atoms with van der Waals surface area (Å²) in [5.74, 6) is -0.424. The van der Waals surface area contributed by atoms with Gasteiger partial charge >= 0.3 is 5.69 Å². The number of amides is 1. The Bertz CT molecular complexity index is 1110. The van der Waals surface area contributed by atoms with E-state index >= 15 is 0 Å². The summed E-state index contributed by atoms with van der Waals surface area (Å²) in [7, 11) is 0. The van der Waals surface area contributed by atoms with Crippen LogP contribution in [-0.2, 0) is 4.79 Å². The average molecular weight is 395 g/mol. The maximum Gasteiger partial charge on any atom is 0.342 e. The van der Waals surface area contributed by atoms with Crippen molar-refractivity contribution in [3.63, 3.8) is 0 Å². The Morgan fingerprint density at radius 1 is 1.18 bits per heavy atom. The largest absolute Gasteiger partial charge is 0.342 e. The van der Waals surface area contributed by atoms with Crippen LogP contribution in [0.2, 0.25) is 0 Å². The van der Waals surface area contributed by atoms with Gasteiger partial charge in [0.05, 0.1) is 6.21 Å². The minimum absolute atomic E-state index is 0.0220. The number of thioether (sulfide) groups is 1. The van der Waals surface area contributed by atoms with Gasteiger partial charge in [0, 0.05) is 0 Å². The molecule has 0 bridgehead atoms. The summed E-state index contributed by atoms with van der Waals surface area (Å²) in [6.07, 6.45) is 1.54. The second-order valence-corrected chi connectivity index (χ2v) is 6.96. The van der Waals surface area contributed by atoms with Crippen LogP contribution in [0.15, 0.2) is 74.3 Å². The summed E-state index contributed by atoms with van der Waals surface area (Å²) in [5.41, 5.74) is 3.73. The monoisotopic (exact) mass is 395 g/mol. The number of hydrogen-bond donors (Lipinski definition) is 3. The molecule has 0 saturated heterocycles. The highest BCUT2D eigenvalue weighted by Gasteiger charge is 2.24. The van der Waals surface area contributed by atoms with E-state index in [0.717, 1.165) is 22.9 Å². The van der Waals surface area contributed by atoms with Crippen molar-refractivity contribution in [2.24, 2.45) is 5.10 Å². The quantitative estimate of drug-likeness (QED) is 0.334. The highest BCUT2D eigenvalue weighted by Crippen LogP contribution is 2.32. The van der Waals surface area contributed by atoms with E-state index in [9.17, 15) is 14.4 Å². The summed E-state index contributed by atoms with van der Waals surface area (Å²) >= 11 is 0.923. The Balaban J connectivity index is 1.81. The number of aryl methyl sites for hydroxylation is 1. The predicted octanol–water partition coefficient (Wildman–Crippen LogP) is 1.75. The fourth-order valence-electron chi connectivity index (χ4n) is 2.41. The number of rotatable bonds is 6. The topological polar surface area (TPSA) is 120 Å². The van der Waals surface area contributed by atoms with Crippen LogP contribution in [0.25, 0.3) is 0 Å². The maximum absolute atomic E-state index is 12.7. The third-order valence-electron chi connectivity index (χ3n) is 3.68. The van der Waals surface area contributed by atoms with Crippen molar-refractivity contribution in [3.05, 3.63) is 92.1 Å². The van der Waals surface area contributed by atoms with Crippen molar-refractivity contribution < 1.29 is 4.79 Å². The number of H-pyrrole nitrogens is 2. The molecule has 0 saturated carbocycles. The molecule has 1 unspecified atom stereocenters. The molecule has 0 fully saturated rings. The molecule has 3 rings (SSSR count). The lowest BCUT2D eigenvalue weighted by molar-refractivity contribution is -0.120. The third-order valence-corrected chi connectivity index (χ3v) is 4.90. The molecule has 0 aliphatic carbocycles. The van der Waals surface area contributed by atoms with E-state index in [4.69, 9.17) is 0 Å². The van der Waals surface area contributed by atoms with Crippen LogP contribution in [-0.4, -0.2) is 27.3 Å². The van der Waals surface area contributed by atoms with Crippen molar-refractivity contribution in [1.29, 1.82) is 0 Å². The van der Waals surface area contributed by atoms with Crippen molar-refractivity contribution in [2.45, 2.75) is 17.2 Å². The zero-order valence-corrected chi connectivity index (χ0v) is 15.7. The molecule has 0 spiro atoms. The van der Waals surface area contributed by atoms with Gasteiger partial charge < -0.3 is 0 Å². The van der Waals surface area contributed by atoms with Crippen LogP contribution in [0, 0.1) is 6.92 Å². The lowest BCUT2D eigenvalue weighted by Crippen LogP contribution is -2.28. The van der Waals surface area contributed by atoms with Gasteiger partial charge in [-0.25, -0.2) is 15.3 Å². The normalized spacial score (nSPS) is 12.0. The number of carbonyl (C=O) groups is 1. The second-order valence-electron chi connectivity index (χ2n) is 5.87. The molecular weight excluding hydrogens is 378 g/mol. The molecule has 3 aromatic rings. The van der Waals surface area contributed by atoms with Crippen molar-refractivity contribution in [3.8, 4) is 0 Å². The molecule has 8 nitrogen and oxygen atoms in total. The highest BCUT2D eigenvalue weighted by molar-refractivity contribution is 8.00. The first kappa shape index (κ1) is 19.3. The van der Waals surface area contributed by atoms with Crippen LogP contribution < -0.4 is 16.7 Å². The molecule has 0 radical (unpaired) electrons. The van der Waals surface area contributed by atoms with Gasteiger partial charge in [-0.2, -0.15) is 10.2 Å². The molecular formula is C19H17N5O3S. The SMILES string of the molecule is Cc1cccc(/C=N\NC(=O)C(Sc2n[nH]c(=O)[nH]c2=O)c2ccccc2)c1. The molecule has 1 heterocycles.